The number of pyridine rings is 1. The van der Waals surface area contributed by atoms with Crippen molar-refractivity contribution in [2.45, 2.75) is 25.8 Å². The van der Waals surface area contributed by atoms with Gasteiger partial charge >= 0.3 is 5.97 Å². The summed E-state index contributed by atoms with van der Waals surface area (Å²) >= 11 is 0. The van der Waals surface area contributed by atoms with Gasteiger partial charge in [0, 0.05) is 17.9 Å². The summed E-state index contributed by atoms with van der Waals surface area (Å²) < 4.78 is 0. The summed E-state index contributed by atoms with van der Waals surface area (Å²) in [5, 5.41) is 9.34. The fourth-order valence-electron chi connectivity index (χ4n) is 2.81. The molecule has 1 aliphatic rings. The highest BCUT2D eigenvalue weighted by Gasteiger charge is 2.27. The Balaban J connectivity index is 2.17. The molecular weight excluding hydrogens is 252 g/mol. The van der Waals surface area contributed by atoms with Crippen LogP contribution in [0, 0.1) is 0 Å². The van der Waals surface area contributed by atoms with E-state index in [1.807, 2.05) is 24.3 Å². The minimum absolute atomic E-state index is 0.107. The zero-order valence-electron chi connectivity index (χ0n) is 11.3. The number of para-hydroxylation sites is 1. The van der Waals surface area contributed by atoms with Gasteiger partial charge < -0.3 is 10.0 Å². The third-order valence-electron chi connectivity index (χ3n) is 3.77. The van der Waals surface area contributed by atoms with Crippen molar-refractivity contribution in [2.75, 3.05) is 4.90 Å². The van der Waals surface area contributed by atoms with Crippen LogP contribution in [0.1, 0.15) is 29.4 Å². The van der Waals surface area contributed by atoms with E-state index in [4.69, 9.17) is 0 Å². The lowest BCUT2D eigenvalue weighted by atomic mass is 9.95. The normalized spacial score (nSPS) is 17.6. The maximum Gasteiger partial charge on any atom is 0.356 e. The van der Waals surface area contributed by atoms with Crippen LogP contribution < -0.4 is 4.90 Å². The van der Waals surface area contributed by atoms with Gasteiger partial charge in [0.05, 0.1) is 5.69 Å². The molecule has 3 rings (SSSR count). The second kappa shape index (κ2) is 4.96. The average molecular weight is 268 g/mol. The Morgan fingerprint density at radius 1 is 1.25 bits per heavy atom. The molecule has 1 N–H and O–H groups in total. The highest BCUT2D eigenvalue weighted by Crippen LogP contribution is 2.37. The van der Waals surface area contributed by atoms with Crippen LogP contribution in [0.15, 0.2) is 42.6 Å². The predicted molar refractivity (Wildman–Crippen MR) is 77.6 cm³/mol. The molecular formula is C16H16N2O2. The topological polar surface area (TPSA) is 53.4 Å². The van der Waals surface area contributed by atoms with Crippen molar-refractivity contribution in [1.82, 2.24) is 4.98 Å². The molecule has 0 aliphatic carbocycles. The third kappa shape index (κ3) is 2.03. The molecule has 0 saturated carbocycles. The SMILES string of the molecule is CC1CCc2ccccc2N1c1cccnc1C(=O)O. The number of nitrogens with zero attached hydrogens (tertiary/aromatic N) is 2. The molecule has 0 fully saturated rings. The summed E-state index contributed by atoms with van der Waals surface area (Å²) in [6.45, 7) is 2.12. The Kier molecular flexibility index (Phi) is 3.14. The van der Waals surface area contributed by atoms with Crippen molar-refractivity contribution in [1.29, 1.82) is 0 Å². The van der Waals surface area contributed by atoms with Gasteiger partial charge in [-0.05, 0) is 43.5 Å². The summed E-state index contributed by atoms with van der Waals surface area (Å²) in [5.41, 5.74) is 3.11. The van der Waals surface area contributed by atoms with Crippen molar-refractivity contribution < 1.29 is 9.90 Å². The zero-order chi connectivity index (χ0) is 14.1. The molecule has 0 spiro atoms. The van der Waals surface area contributed by atoms with Gasteiger partial charge in [-0.2, -0.15) is 0 Å². The second-order valence-electron chi connectivity index (χ2n) is 5.06. The first-order valence-corrected chi connectivity index (χ1v) is 6.74. The molecule has 4 heteroatoms. The Hall–Kier alpha value is -2.36. The van der Waals surface area contributed by atoms with Crippen LogP contribution in [0.4, 0.5) is 11.4 Å². The Morgan fingerprint density at radius 3 is 2.80 bits per heavy atom. The lowest BCUT2D eigenvalue weighted by Gasteiger charge is -2.37. The van der Waals surface area contributed by atoms with Gasteiger partial charge in [0.25, 0.3) is 0 Å². The van der Waals surface area contributed by atoms with Crippen LogP contribution in [0.25, 0.3) is 0 Å². The van der Waals surface area contributed by atoms with Gasteiger partial charge in [0.15, 0.2) is 5.69 Å². The van der Waals surface area contributed by atoms with Gasteiger partial charge in [0.1, 0.15) is 0 Å². The largest absolute Gasteiger partial charge is 0.476 e. The van der Waals surface area contributed by atoms with E-state index in [0.717, 1.165) is 18.5 Å². The van der Waals surface area contributed by atoms with E-state index in [0.29, 0.717) is 5.69 Å². The maximum atomic E-state index is 11.4. The van der Waals surface area contributed by atoms with E-state index in [9.17, 15) is 9.90 Å². The van der Waals surface area contributed by atoms with Crippen LogP contribution in [-0.4, -0.2) is 22.1 Å². The van der Waals surface area contributed by atoms with E-state index in [-0.39, 0.29) is 11.7 Å². The van der Waals surface area contributed by atoms with Crippen LogP contribution in [0.2, 0.25) is 0 Å². The number of carboxylic acid groups (broad SMARTS) is 1. The Labute approximate surface area is 117 Å². The van der Waals surface area contributed by atoms with Gasteiger partial charge in [-0.15, -0.1) is 0 Å². The van der Waals surface area contributed by atoms with E-state index in [2.05, 4.69) is 22.9 Å². The number of hydrogen-bond donors (Lipinski definition) is 1. The number of aromatic nitrogens is 1. The van der Waals surface area contributed by atoms with Gasteiger partial charge in [-0.25, -0.2) is 9.78 Å². The quantitative estimate of drug-likeness (QED) is 0.908. The first kappa shape index (κ1) is 12.7. The summed E-state index contributed by atoms with van der Waals surface area (Å²) in [6, 6.07) is 12.0. The zero-order valence-corrected chi connectivity index (χ0v) is 11.3. The first-order valence-electron chi connectivity index (χ1n) is 6.74. The molecule has 0 saturated heterocycles. The molecule has 20 heavy (non-hydrogen) atoms. The van der Waals surface area contributed by atoms with Crippen LogP contribution >= 0.6 is 0 Å². The fraction of sp³-hybridized carbons (Fsp3) is 0.250. The summed E-state index contributed by atoms with van der Waals surface area (Å²) in [6.07, 6.45) is 3.55. The number of hydrogen-bond acceptors (Lipinski definition) is 3. The summed E-state index contributed by atoms with van der Waals surface area (Å²) in [5.74, 6) is -0.990. The van der Waals surface area contributed by atoms with Crippen LogP contribution in [0.5, 0.6) is 0 Å². The molecule has 1 aliphatic heterocycles. The second-order valence-corrected chi connectivity index (χ2v) is 5.06. The molecule has 2 aromatic rings. The van der Waals surface area contributed by atoms with E-state index in [1.54, 1.807) is 6.07 Å². The highest BCUT2D eigenvalue weighted by atomic mass is 16.4. The van der Waals surface area contributed by atoms with E-state index in [1.165, 1.54) is 11.8 Å². The molecule has 1 unspecified atom stereocenters. The molecule has 102 valence electrons. The molecule has 1 atom stereocenters. The number of aryl methyl sites for hydroxylation is 1. The third-order valence-corrected chi connectivity index (χ3v) is 3.77. The standard InChI is InChI=1S/C16H16N2O2/c1-11-8-9-12-5-2-3-6-13(12)18(11)14-7-4-10-17-15(14)16(19)20/h2-7,10-11H,8-9H2,1H3,(H,19,20). The molecule has 0 amide bonds. The highest BCUT2D eigenvalue weighted by molar-refractivity contribution is 5.93. The van der Waals surface area contributed by atoms with E-state index >= 15 is 0 Å². The Morgan fingerprint density at radius 2 is 2.00 bits per heavy atom. The first-order chi connectivity index (χ1) is 9.68. The van der Waals surface area contributed by atoms with Crippen molar-refractivity contribution >= 4 is 17.3 Å². The number of rotatable bonds is 2. The molecule has 2 heterocycles. The average Bonchev–Trinajstić information content (AvgIpc) is 2.47. The monoisotopic (exact) mass is 268 g/mol. The number of carboxylic acids is 1. The molecule has 1 aromatic carbocycles. The van der Waals surface area contributed by atoms with E-state index < -0.39 is 5.97 Å². The summed E-state index contributed by atoms with van der Waals surface area (Å²) in [4.78, 5) is 17.5. The fourth-order valence-corrected chi connectivity index (χ4v) is 2.81. The van der Waals surface area contributed by atoms with Crippen molar-refractivity contribution in [3.8, 4) is 0 Å². The van der Waals surface area contributed by atoms with Crippen molar-refractivity contribution in [3.63, 3.8) is 0 Å². The molecule has 1 aromatic heterocycles. The minimum Gasteiger partial charge on any atom is -0.476 e. The number of aromatic carboxylic acids is 1. The number of carbonyl (C=O) groups is 1. The van der Waals surface area contributed by atoms with Gasteiger partial charge in [-0.3, -0.25) is 0 Å². The smallest absolute Gasteiger partial charge is 0.356 e. The maximum absolute atomic E-state index is 11.4. The summed E-state index contributed by atoms with van der Waals surface area (Å²) in [7, 11) is 0. The number of benzene rings is 1. The number of anilines is 2. The lowest BCUT2D eigenvalue weighted by Crippen LogP contribution is -2.34. The molecule has 4 nitrogen and oxygen atoms in total. The van der Waals surface area contributed by atoms with Crippen LogP contribution in [-0.2, 0) is 6.42 Å². The van der Waals surface area contributed by atoms with Gasteiger partial charge in [0.2, 0.25) is 0 Å². The van der Waals surface area contributed by atoms with Crippen LogP contribution in [0.3, 0.4) is 0 Å². The van der Waals surface area contributed by atoms with Crippen molar-refractivity contribution in [3.05, 3.63) is 53.9 Å². The van der Waals surface area contributed by atoms with Crippen molar-refractivity contribution in [2.24, 2.45) is 0 Å². The Bertz CT molecular complexity index is 654. The number of fused-ring (bicyclic) bond motifs is 1. The molecule has 0 bridgehead atoms. The molecule has 0 radical (unpaired) electrons. The lowest BCUT2D eigenvalue weighted by molar-refractivity contribution is 0.0691. The minimum atomic E-state index is -0.990. The predicted octanol–water partition coefficient (Wildman–Crippen LogP) is 3.25. The van der Waals surface area contributed by atoms with Gasteiger partial charge in [-0.1, -0.05) is 18.2 Å².